The maximum atomic E-state index is 10.5. The van der Waals surface area contributed by atoms with Crippen LogP contribution in [0.2, 0.25) is 0 Å². The van der Waals surface area contributed by atoms with E-state index in [9.17, 15) is 9.59 Å². The Hall–Kier alpha value is -1.58. The van der Waals surface area contributed by atoms with Gasteiger partial charge in [0.2, 0.25) is 11.8 Å². The molecule has 0 aliphatic rings. The van der Waals surface area contributed by atoms with Crippen molar-refractivity contribution in [2.45, 2.75) is 27.7 Å². The van der Waals surface area contributed by atoms with Gasteiger partial charge in [-0.2, -0.15) is 0 Å². The van der Waals surface area contributed by atoms with Gasteiger partial charge >= 0.3 is 0 Å². The molecule has 4 nitrogen and oxygen atoms in total. The van der Waals surface area contributed by atoms with E-state index in [1.807, 2.05) is 26.8 Å². The van der Waals surface area contributed by atoms with E-state index in [0.29, 0.717) is 5.57 Å². The number of allylic oxidation sites excluding steroid dienone is 1. The molecule has 0 aromatic carbocycles. The van der Waals surface area contributed by atoms with Crippen molar-refractivity contribution in [1.82, 2.24) is 0 Å². The molecule has 0 heterocycles. The van der Waals surface area contributed by atoms with E-state index in [4.69, 9.17) is 5.73 Å². The van der Waals surface area contributed by atoms with Gasteiger partial charge < -0.3 is 11.5 Å². The largest absolute Gasteiger partial charge is 0.366 e. The molecule has 0 saturated heterocycles. The highest BCUT2D eigenvalue weighted by Gasteiger charge is 2.07. The fraction of sp³-hybridized carbons (Fsp3) is 0.455. The van der Waals surface area contributed by atoms with Crippen LogP contribution in [0.3, 0.4) is 0 Å². The van der Waals surface area contributed by atoms with Gasteiger partial charge in [-0.05, 0) is 18.4 Å². The molecule has 4 N–H and O–H groups in total. The van der Waals surface area contributed by atoms with E-state index in [0.717, 1.165) is 6.08 Å². The maximum Gasteiger partial charge on any atom is 0.244 e. The molecule has 15 heavy (non-hydrogen) atoms. The van der Waals surface area contributed by atoms with Gasteiger partial charge in [-0.25, -0.2) is 0 Å². The van der Waals surface area contributed by atoms with Crippen molar-refractivity contribution in [1.29, 1.82) is 0 Å². The van der Waals surface area contributed by atoms with Crippen molar-refractivity contribution in [3.05, 3.63) is 24.3 Å². The molecule has 0 spiro atoms. The fourth-order valence-electron chi connectivity index (χ4n) is 0.721. The van der Waals surface area contributed by atoms with Crippen molar-refractivity contribution >= 4 is 11.8 Å². The van der Waals surface area contributed by atoms with Gasteiger partial charge in [0.05, 0.1) is 0 Å². The van der Waals surface area contributed by atoms with Crippen LogP contribution in [-0.2, 0) is 9.59 Å². The third kappa shape index (κ3) is 15.2. The lowest BCUT2D eigenvalue weighted by Crippen LogP contribution is -2.14. The molecule has 0 radical (unpaired) electrons. The number of carbonyl (C=O) groups is 2. The predicted molar refractivity (Wildman–Crippen MR) is 61.8 cm³/mol. The summed E-state index contributed by atoms with van der Waals surface area (Å²) in [5.41, 5.74) is 10.2. The van der Waals surface area contributed by atoms with Crippen LogP contribution in [0.1, 0.15) is 27.7 Å². The first kappa shape index (κ1) is 15.9. The lowest BCUT2D eigenvalue weighted by molar-refractivity contribution is -0.115. The lowest BCUT2D eigenvalue weighted by Gasteiger charge is -2.12. The summed E-state index contributed by atoms with van der Waals surface area (Å²) >= 11 is 0. The standard InChI is InChI=1S/C8H15NO.C3H5NO/c1-6(7(9)10)5-8(2,3)4;1-2-3(4)5/h5H,1-4H3,(H2,9,10);2H,1H2,(H2,4,5)/b6-5+;. The van der Waals surface area contributed by atoms with Crippen LogP contribution in [0.25, 0.3) is 0 Å². The molecule has 4 heteroatoms. The van der Waals surface area contributed by atoms with Crippen molar-refractivity contribution < 1.29 is 9.59 Å². The van der Waals surface area contributed by atoms with Gasteiger partial charge in [0.25, 0.3) is 0 Å². The first-order chi connectivity index (χ1) is 6.60. The van der Waals surface area contributed by atoms with Gasteiger partial charge in [0.1, 0.15) is 0 Å². The number of primary amides is 2. The molecular weight excluding hydrogens is 192 g/mol. The van der Waals surface area contributed by atoms with Crippen LogP contribution < -0.4 is 11.5 Å². The zero-order chi connectivity index (χ0) is 12.6. The van der Waals surface area contributed by atoms with Gasteiger partial charge in [0.15, 0.2) is 0 Å². The van der Waals surface area contributed by atoms with E-state index in [1.165, 1.54) is 0 Å². The van der Waals surface area contributed by atoms with Crippen LogP contribution >= 0.6 is 0 Å². The molecule has 0 aromatic rings. The van der Waals surface area contributed by atoms with Crippen LogP contribution in [0, 0.1) is 5.41 Å². The normalized spacial score (nSPS) is 11.1. The molecule has 0 aliphatic heterocycles. The molecular formula is C11H20N2O2. The third-order valence-corrected chi connectivity index (χ3v) is 1.24. The van der Waals surface area contributed by atoms with Gasteiger partial charge in [-0.15, -0.1) is 0 Å². The minimum atomic E-state index is -0.481. The Morgan fingerprint density at radius 1 is 1.20 bits per heavy atom. The maximum absolute atomic E-state index is 10.5. The highest BCUT2D eigenvalue weighted by Crippen LogP contribution is 2.16. The van der Waals surface area contributed by atoms with E-state index in [1.54, 1.807) is 6.92 Å². The Morgan fingerprint density at radius 3 is 1.60 bits per heavy atom. The second kappa shape index (κ2) is 6.81. The molecule has 0 unspecified atom stereocenters. The number of rotatable bonds is 2. The number of hydrogen-bond acceptors (Lipinski definition) is 2. The SMILES string of the molecule is C/C(=C\C(C)(C)C)C(N)=O.C=CC(N)=O. The summed E-state index contributed by atoms with van der Waals surface area (Å²) in [5, 5.41) is 0. The van der Waals surface area contributed by atoms with Crippen LogP contribution in [0.4, 0.5) is 0 Å². The second-order valence-electron chi connectivity index (χ2n) is 4.16. The zero-order valence-electron chi connectivity index (χ0n) is 9.83. The van der Waals surface area contributed by atoms with Crippen LogP contribution in [0.15, 0.2) is 24.3 Å². The summed E-state index contributed by atoms with van der Waals surface area (Å²) in [6.45, 7) is 10.9. The Labute approximate surface area is 91.0 Å². The lowest BCUT2D eigenvalue weighted by atomic mass is 9.94. The number of carbonyl (C=O) groups excluding carboxylic acids is 2. The number of hydrogen-bond donors (Lipinski definition) is 2. The summed E-state index contributed by atoms with van der Waals surface area (Å²) in [4.78, 5) is 20.0. The molecule has 0 aliphatic carbocycles. The summed E-state index contributed by atoms with van der Waals surface area (Å²) < 4.78 is 0. The minimum absolute atomic E-state index is 0.0408. The van der Waals surface area contributed by atoms with E-state index < -0.39 is 5.91 Å². The second-order valence-corrected chi connectivity index (χ2v) is 4.16. The Balaban J connectivity index is 0. The molecule has 0 rings (SSSR count). The minimum Gasteiger partial charge on any atom is -0.366 e. The zero-order valence-corrected chi connectivity index (χ0v) is 9.83. The molecule has 0 atom stereocenters. The smallest absolute Gasteiger partial charge is 0.244 e. The Kier molecular flexibility index (Phi) is 7.21. The topological polar surface area (TPSA) is 86.2 Å². The third-order valence-electron chi connectivity index (χ3n) is 1.24. The molecule has 0 fully saturated rings. The van der Waals surface area contributed by atoms with Gasteiger partial charge in [-0.3, -0.25) is 9.59 Å². The number of amides is 2. The fourth-order valence-corrected chi connectivity index (χ4v) is 0.721. The average Bonchev–Trinajstić information content (AvgIpc) is 2.02. The van der Waals surface area contributed by atoms with E-state index >= 15 is 0 Å². The Morgan fingerprint density at radius 2 is 1.53 bits per heavy atom. The highest BCUT2D eigenvalue weighted by atomic mass is 16.1. The van der Waals surface area contributed by atoms with Crippen LogP contribution in [0.5, 0.6) is 0 Å². The van der Waals surface area contributed by atoms with Crippen molar-refractivity contribution in [3.8, 4) is 0 Å². The molecule has 0 bridgehead atoms. The molecule has 2 amide bonds. The van der Waals surface area contributed by atoms with Gasteiger partial charge in [0, 0.05) is 5.57 Å². The van der Waals surface area contributed by atoms with Crippen LogP contribution in [-0.4, -0.2) is 11.8 Å². The predicted octanol–water partition coefficient (Wildman–Crippen LogP) is 1.12. The van der Waals surface area contributed by atoms with E-state index in [-0.39, 0.29) is 11.3 Å². The molecule has 0 aromatic heterocycles. The van der Waals surface area contributed by atoms with Crippen molar-refractivity contribution in [2.75, 3.05) is 0 Å². The average molecular weight is 212 g/mol. The summed E-state index contributed by atoms with van der Waals surface area (Å²) in [6, 6.07) is 0. The van der Waals surface area contributed by atoms with E-state index in [2.05, 4.69) is 12.3 Å². The Bertz CT molecular complexity index is 273. The quantitative estimate of drug-likeness (QED) is 0.672. The highest BCUT2D eigenvalue weighted by molar-refractivity contribution is 5.91. The van der Waals surface area contributed by atoms with Gasteiger partial charge in [-0.1, -0.05) is 33.4 Å². The summed E-state index contributed by atoms with van der Waals surface area (Å²) in [6.07, 6.45) is 2.93. The van der Waals surface area contributed by atoms with Crippen molar-refractivity contribution in [2.24, 2.45) is 16.9 Å². The molecule has 86 valence electrons. The monoisotopic (exact) mass is 212 g/mol. The van der Waals surface area contributed by atoms with Crippen molar-refractivity contribution in [3.63, 3.8) is 0 Å². The first-order valence-electron chi connectivity index (χ1n) is 4.51. The number of nitrogens with two attached hydrogens (primary N) is 2. The molecule has 0 saturated carbocycles. The summed E-state index contributed by atoms with van der Waals surface area (Å²) in [5.74, 6) is -0.820. The summed E-state index contributed by atoms with van der Waals surface area (Å²) in [7, 11) is 0. The first-order valence-corrected chi connectivity index (χ1v) is 4.51.